The Balaban J connectivity index is 0.000000178. The summed E-state index contributed by atoms with van der Waals surface area (Å²) in [5.74, 6) is 1.74. The summed E-state index contributed by atoms with van der Waals surface area (Å²) in [6.07, 6.45) is 11.6. The van der Waals surface area contributed by atoms with Gasteiger partial charge in [-0.2, -0.15) is 0 Å². The zero-order valence-corrected chi connectivity index (χ0v) is 11.1. The summed E-state index contributed by atoms with van der Waals surface area (Å²) in [6, 6.07) is 19.5. The Morgan fingerprint density at radius 2 is 1.00 bits per heavy atom. The summed E-state index contributed by atoms with van der Waals surface area (Å²) in [4.78, 5) is 0. The second-order valence-corrected chi connectivity index (χ2v) is 4.00. The van der Waals surface area contributed by atoms with Gasteiger partial charge >= 0.3 is 0 Å². The summed E-state index contributed by atoms with van der Waals surface area (Å²) in [7, 11) is 0. The van der Waals surface area contributed by atoms with Crippen LogP contribution in [0, 0.1) is 0 Å². The molecule has 0 bridgehead atoms. The van der Waals surface area contributed by atoms with Crippen LogP contribution in [0.1, 0.15) is 0 Å². The molecule has 0 spiro atoms. The molecule has 1 N–H and O–H groups in total. The zero-order chi connectivity index (χ0) is 13.9. The fraction of sp³-hybridized carbons (Fsp3) is 0. The van der Waals surface area contributed by atoms with Crippen molar-refractivity contribution in [2.45, 2.75) is 0 Å². The predicted octanol–water partition coefficient (Wildman–Crippen LogP) is 4.65. The molecule has 1 aliphatic rings. The highest BCUT2D eigenvalue weighted by atomic mass is 16.5. The third-order valence-corrected chi connectivity index (χ3v) is 2.44. The summed E-state index contributed by atoms with van der Waals surface area (Å²) < 4.78 is 5.58. The maximum Gasteiger partial charge on any atom is 0.127 e. The van der Waals surface area contributed by atoms with Gasteiger partial charge in [0, 0.05) is 12.4 Å². The first-order chi connectivity index (χ1) is 9.95. The van der Waals surface area contributed by atoms with Crippen molar-refractivity contribution in [1.82, 2.24) is 5.32 Å². The second kappa shape index (κ2) is 8.38. The molecule has 0 aliphatic carbocycles. The van der Waals surface area contributed by atoms with Crippen molar-refractivity contribution in [3.05, 3.63) is 97.4 Å². The molecule has 100 valence electrons. The van der Waals surface area contributed by atoms with E-state index in [1.54, 1.807) is 0 Å². The number of rotatable bonds is 2. The van der Waals surface area contributed by atoms with E-state index in [2.05, 4.69) is 5.32 Å². The second-order valence-electron chi connectivity index (χ2n) is 4.00. The average Bonchev–Trinajstić information content (AvgIpc) is 2.83. The molecule has 0 amide bonds. The van der Waals surface area contributed by atoms with Gasteiger partial charge in [0.25, 0.3) is 0 Å². The molecule has 3 rings (SSSR count). The van der Waals surface area contributed by atoms with Crippen molar-refractivity contribution >= 4 is 0 Å². The number of para-hydroxylation sites is 2. The first-order valence-corrected chi connectivity index (χ1v) is 6.47. The van der Waals surface area contributed by atoms with Crippen molar-refractivity contribution in [2.24, 2.45) is 0 Å². The lowest BCUT2D eigenvalue weighted by Crippen LogP contribution is -1.87. The number of hydrogen-bond donors (Lipinski definition) is 1. The molecule has 0 aromatic heterocycles. The first-order valence-electron chi connectivity index (χ1n) is 6.47. The van der Waals surface area contributed by atoms with Gasteiger partial charge in [-0.05, 0) is 36.4 Å². The van der Waals surface area contributed by atoms with E-state index in [9.17, 15) is 0 Å². The van der Waals surface area contributed by atoms with Gasteiger partial charge < -0.3 is 10.1 Å². The van der Waals surface area contributed by atoms with Crippen molar-refractivity contribution in [3.63, 3.8) is 0 Å². The number of hydrogen-bond acceptors (Lipinski definition) is 2. The molecule has 2 aromatic carbocycles. The van der Waals surface area contributed by atoms with Crippen molar-refractivity contribution in [2.75, 3.05) is 0 Å². The molecule has 0 radical (unpaired) electrons. The monoisotopic (exact) mass is 263 g/mol. The lowest BCUT2D eigenvalue weighted by atomic mass is 10.3. The number of nitrogens with one attached hydrogen (secondary N) is 1. The van der Waals surface area contributed by atoms with Gasteiger partial charge in [0.1, 0.15) is 11.5 Å². The normalized spacial score (nSPS) is 11.8. The molecular formula is C18H17NO. The molecule has 0 unspecified atom stereocenters. The van der Waals surface area contributed by atoms with E-state index < -0.39 is 0 Å². The Hall–Kier alpha value is -2.74. The van der Waals surface area contributed by atoms with Gasteiger partial charge in [0.05, 0.1) is 0 Å². The van der Waals surface area contributed by atoms with Crippen LogP contribution < -0.4 is 10.1 Å². The first kappa shape index (κ1) is 13.7. The molecule has 0 fully saturated rings. The Bertz CT molecular complexity index is 519. The van der Waals surface area contributed by atoms with Gasteiger partial charge in [0.2, 0.25) is 0 Å². The standard InChI is InChI=1S/C12H10O.C6H7N/c1-3-7-11(8-4-1)13-12-9-5-2-6-10-12;1-2-4-6-7-5-3-1/h1-10H;1-7H. The summed E-state index contributed by atoms with van der Waals surface area (Å²) in [5, 5.41) is 2.92. The summed E-state index contributed by atoms with van der Waals surface area (Å²) in [6.45, 7) is 0. The predicted molar refractivity (Wildman–Crippen MR) is 83.5 cm³/mol. The molecular weight excluding hydrogens is 246 g/mol. The fourth-order valence-electron chi connectivity index (χ4n) is 1.52. The van der Waals surface area contributed by atoms with Crippen LogP contribution in [0.5, 0.6) is 11.5 Å². The molecule has 1 heterocycles. The van der Waals surface area contributed by atoms with Gasteiger partial charge in [-0.1, -0.05) is 48.6 Å². The van der Waals surface area contributed by atoms with Crippen LogP contribution in [-0.2, 0) is 0 Å². The highest BCUT2D eigenvalue weighted by molar-refractivity contribution is 5.30. The summed E-state index contributed by atoms with van der Waals surface area (Å²) in [5.41, 5.74) is 0. The average molecular weight is 263 g/mol. The van der Waals surface area contributed by atoms with E-state index in [4.69, 9.17) is 4.74 Å². The van der Waals surface area contributed by atoms with Crippen LogP contribution in [0.4, 0.5) is 0 Å². The Morgan fingerprint density at radius 1 is 0.550 bits per heavy atom. The lowest BCUT2D eigenvalue weighted by Gasteiger charge is -2.03. The summed E-state index contributed by atoms with van der Waals surface area (Å²) >= 11 is 0. The number of allylic oxidation sites excluding steroid dienone is 4. The van der Waals surface area contributed by atoms with Crippen LogP contribution in [0.2, 0.25) is 0 Å². The van der Waals surface area contributed by atoms with Crippen molar-refractivity contribution < 1.29 is 4.74 Å². The van der Waals surface area contributed by atoms with Gasteiger partial charge in [0.15, 0.2) is 0 Å². The SMILES string of the molecule is C1=CC=CNC=C1.c1ccc(Oc2ccccc2)cc1. The molecule has 2 aromatic rings. The van der Waals surface area contributed by atoms with Crippen molar-refractivity contribution in [1.29, 1.82) is 0 Å². The number of benzene rings is 2. The van der Waals surface area contributed by atoms with Gasteiger partial charge in [-0.25, -0.2) is 0 Å². The Morgan fingerprint density at radius 3 is 1.45 bits per heavy atom. The van der Waals surface area contributed by atoms with Gasteiger partial charge in [-0.3, -0.25) is 0 Å². The molecule has 0 saturated carbocycles. The molecule has 0 saturated heterocycles. The Labute approximate surface area is 119 Å². The highest BCUT2D eigenvalue weighted by Gasteiger charge is 1.92. The minimum absolute atomic E-state index is 0.869. The van der Waals surface area contributed by atoms with Crippen LogP contribution >= 0.6 is 0 Å². The zero-order valence-electron chi connectivity index (χ0n) is 11.1. The molecule has 2 nitrogen and oxygen atoms in total. The maximum absolute atomic E-state index is 5.58. The van der Waals surface area contributed by atoms with Crippen LogP contribution in [-0.4, -0.2) is 0 Å². The van der Waals surface area contributed by atoms with E-state index in [0.29, 0.717) is 0 Å². The quantitative estimate of drug-likeness (QED) is 0.851. The number of ether oxygens (including phenoxy) is 1. The van der Waals surface area contributed by atoms with E-state index in [-0.39, 0.29) is 0 Å². The highest BCUT2D eigenvalue weighted by Crippen LogP contribution is 2.19. The molecule has 20 heavy (non-hydrogen) atoms. The van der Waals surface area contributed by atoms with E-state index >= 15 is 0 Å². The topological polar surface area (TPSA) is 21.3 Å². The van der Waals surface area contributed by atoms with E-state index in [1.807, 2.05) is 97.4 Å². The molecule has 2 heteroatoms. The molecule has 0 atom stereocenters. The fourth-order valence-corrected chi connectivity index (χ4v) is 1.52. The van der Waals surface area contributed by atoms with Crippen LogP contribution in [0.15, 0.2) is 97.4 Å². The maximum atomic E-state index is 5.58. The third-order valence-electron chi connectivity index (χ3n) is 2.44. The van der Waals surface area contributed by atoms with Crippen molar-refractivity contribution in [3.8, 4) is 11.5 Å². The molecule has 1 aliphatic heterocycles. The van der Waals surface area contributed by atoms with Crippen LogP contribution in [0.25, 0.3) is 0 Å². The van der Waals surface area contributed by atoms with Gasteiger partial charge in [-0.15, -0.1) is 0 Å². The third kappa shape index (κ3) is 5.27. The minimum atomic E-state index is 0.869. The largest absolute Gasteiger partial charge is 0.457 e. The van der Waals surface area contributed by atoms with Crippen LogP contribution in [0.3, 0.4) is 0 Å². The van der Waals surface area contributed by atoms with E-state index in [0.717, 1.165) is 11.5 Å². The lowest BCUT2D eigenvalue weighted by molar-refractivity contribution is 0.482. The Kier molecular flexibility index (Phi) is 5.73. The smallest absolute Gasteiger partial charge is 0.127 e. The van der Waals surface area contributed by atoms with E-state index in [1.165, 1.54) is 0 Å². The minimum Gasteiger partial charge on any atom is -0.457 e.